The molecule has 0 aliphatic carbocycles. The number of halogens is 3. The summed E-state index contributed by atoms with van der Waals surface area (Å²) >= 11 is 14.0. The van der Waals surface area contributed by atoms with Crippen molar-refractivity contribution in [3.63, 3.8) is 0 Å². The molecular formula is C71H95Cl2FN10O9S. The molecule has 0 spiro atoms. The smallest absolute Gasteiger partial charge is 0.276 e. The van der Waals surface area contributed by atoms with E-state index < -0.39 is 47.5 Å². The normalized spacial score (nSPS) is 17.5. The van der Waals surface area contributed by atoms with Gasteiger partial charge in [0.15, 0.2) is 17.3 Å². The number of nitrogens with two attached hydrogens (primary N) is 1. The van der Waals surface area contributed by atoms with E-state index in [1.165, 1.54) is 17.0 Å². The van der Waals surface area contributed by atoms with Gasteiger partial charge in [-0.05, 0) is 106 Å². The van der Waals surface area contributed by atoms with Crippen molar-refractivity contribution in [3.05, 3.63) is 116 Å². The van der Waals surface area contributed by atoms with Crippen molar-refractivity contribution in [2.45, 2.75) is 226 Å². The molecule has 6 N–H and O–H groups in total. The van der Waals surface area contributed by atoms with E-state index in [1.54, 1.807) is 47.4 Å². The molecule has 94 heavy (non-hydrogen) atoms. The Kier molecular flexibility index (Phi) is 28.7. The minimum atomic E-state index is -0.862. The topological polar surface area (TPSA) is 259 Å². The molecule has 7 atom stereocenters. The molecule has 5 aromatic rings. The second-order valence-electron chi connectivity index (χ2n) is 26.3. The van der Waals surface area contributed by atoms with E-state index in [-0.39, 0.29) is 93.9 Å². The number of ether oxygens (including phenoxy) is 1. The van der Waals surface area contributed by atoms with Crippen molar-refractivity contribution >= 4 is 87.6 Å². The number of Topliss-reactive ketones (excluding diaryl/α,β-unsaturated/α-hetero) is 1. The van der Waals surface area contributed by atoms with E-state index in [9.17, 15) is 43.1 Å². The molecule has 7 rings (SSSR count). The number of nitrogen functional groups attached to an aromatic ring is 1. The maximum Gasteiger partial charge on any atom is 0.276 e. The summed E-state index contributed by atoms with van der Waals surface area (Å²) in [7, 11) is 0. The standard InChI is InChI=1S/C71H95Cl2FN10O9S/c1-45-41-82(69(91)51-31-33-52(34-32-51)78-67(89)57-39-60(66(75)81-80-57)93-48(4)62-54(72)35-36-55(74)63(62)73)42-46(2)84(45)61(88)26-22-18-14-10-8-9-12-16-20-24-56(59(87)25-21-17-13-11-15-19-23-37-85)79-65(71(5,6)7)70(92)83-43-53(86)38-58(83)68(90)76-40-49-27-29-50(30-28-49)64-47(3)77-44-94-64/h27-37,39,44-46,48,53,56,58,65,79,86H,8-26,38,40-43H2,1-7H3,(H2,75,81)(H,76,90)(H,78,89)/t45-,46+,48-,53-,56?,58+,65-/m1/s1. The van der Waals surface area contributed by atoms with Crippen molar-refractivity contribution < 1.29 is 47.8 Å². The number of aromatic nitrogens is 3. The van der Waals surface area contributed by atoms with Gasteiger partial charge in [0.1, 0.15) is 30.0 Å². The molecule has 4 heterocycles. The summed E-state index contributed by atoms with van der Waals surface area (Å²) in [6, 6.07) is 15.6. The number of thiazole rings is 1. The number of carbonyl (C=O) groups is 7. The van der Waals surface area contributed by atoms with Gasteiger partial charge < -0.3 is 45.7 Å². The number of piperazine rings is 1. The van der Waals surface area contributed by atoms with Crippen LogP contribution in [0.15, 0.2) is 72.2 Å². The van der Waals surface area contributed by atoms with Crippen LogP contribution in [0.3, 0.4) is 0 Å². The third-order valence-electron chi connectivity index (χ3n) is 17.7. The van der Waals surface area contributed by atoms with Crippen LogP contribution in [0.5, 0.6) is 5.75 Å². The molecule has 23 heteroatoms. The molecule has 5 amide bonds. The number of rotatable bonds is 35. The first-order chi connectivity index (χ1) is 44.9. The Morgan fingerprint density at radius 2 is 1.44 bits per heavy atom. The zero-order valence-electron chi connectivity index (χ0n) is 55.5. The molecule has 2 aliphatic heterocycles. The van der Waals surface area contributed by atoms with Gasteiger partial charge in [-0.15, -0.1) is 21.5 Å². The number of ketones is 1. The van der Waals surface area contributed by atoms with Gasteiger partial charge in [0.25, 0.3) is 11.8 Å². The third kappa shape index (κ3) is 21.3. The summed E-state index contributed by atoms with van der Waals surface area (Å²) in [6.07, 6.45) is 15.5. The number of aldehydes is 1. The number of amides is 5. The monoisotopic (exact) mass is 1350 g/mol. The van der Waals surface area contributed by atoms with E-state index >= 15 is 0 Å². The number of likely N-dealkylation sites (tertiary alicyclic amines) is 1. The van der Waals surface area contributed by atoms with Gasteiger partial charge in [-0.3, -0.25) is 34.1 Å². The van der Waals surface area contributed by atoms with E-state index in [2.05, 4.69) is 31.1 Å². The summed E-state index contributed by atoms with van der Waals surface area (Å²) in [5.41, 5.74) is 11.0. The van der Waals surface area contributed by atoms with E-state index in [4.69, 9.17) is 33.7 Å². The van der Waals surface area contributed by atoms with Crippen LogP contribution in [0.2, 0.25) is 10.0 Å². The number of hydrogen-bond donors (Lipinski definition) is 5. The number of aliphatic hydroxyl groups excluding tert-OH is 1. The van der Waals surface area contributed by atoms with Crippen molar-refractivity contribution in [1.82, 2.24) is 40.5 Å². The number of aryl methyl sites for hydroxylation is 1. The first-order valence-electron chi connectivity index (χ1n) is 33.4. The Balaban J connectivity index is 0.815. The van der Waals surface area contributed by atoms with Crippen LogP contribution >= 0.6 is 34.5 Å². The molecule has 3 aromatic carbocycles. The second-order valence-corrected chi connectivity index (χ2v) is 28.0. The minimum Gasteiger partial charge on any atom is -0.482 e. The van der Waals surface area contributed by atoms with Gasteiger partial charge in [0.2, 0.25) is 17.7 Å². The highest BCUT2D eigenvalue weighted by Crippen LogP contribution is 2.37. The lowest BCUT2D eigenvalue weighted by Gasteiger charge is -2.44. The van der Waals surface area contributed by atoms with Crippen LogP contribution in [-0.2, 0) is 30.5 Å². The van der Waals surface area contributed by atoms with E-state index in [1.807, 2.05) is 76.2 Å². The zero-order chi connectivity index (χ0) is 68.1. The lowest BCUT2D eigenvalue weighted by molar-refractivity contribution is -0.143. The molecule has 0 saturated carbocycles. The average molecular weight is 1350 g/mol. The molecular weight excluding hydrogens is 1260 g/mol. The van der Waals surface area contributed by atoms with Gasteiger partial charge >= 0.3 is 0 Å². The zero-order valence-corrected chi connectivity index (χ0v) is 57.9. The number of nitrogens with zero attached hydrogens (tertiary/aromatic N) is 6. The first kappa shape index (κ1) is 74.5. The molecule has 2 saturated heterocycles. The maximum atomic E-state index is 14.7. The lowest BCUT2D eigenvalue weighted by atomic mass is 9.84. The fourth-order valence-electron chi connectivity index (χ4n) is 12.6. The van der Waals surface area contributed by atoms with Gasteiger partial charge in [-0.25, -0.2) is 9.37 Å². The summed E-state index contributed by atoms with van der Waals surface area (Å²) in [4.78, 5) is 105. The summed E-state index contributed by atoms with van der Waals surface area (Å²) in [6.45, 7) is 14.4. The first-order valence-corrected chi connectivity index (χ1v) is 35.0. The van der Waals surface area contributed by atoms with Crippen molar-refractivity contribution in [2.75, 3.05) is 30.7 Å². The van der Waals surface area contributed by atoms with Gasteiger partial charge in [-0.2, -0.15) is 0 Å². The molecule has 510 valence electrons. The predicted molar refractivity (Wildman–Crippen MR) is 367 cm³/mol. The van der Waals surface area contributed by atoms with Crippen molar-refractivity contribution in [3.8, 4) is 16.2 Å². The highest BCUT2D eigenvalue weighted by Gasteiger charge is 2.45. The predicted octanol–water partition coefficient (Wildman–Crippen LogP) is 13.2. The van der Waals surface area contributed by atoms with Gasteiger partial charge in [-0.1, -0.05) is 145 Å². The highest BCUT2D eigenvalue weighted by atomic mass is 35.5. The van der Waals surface area contributed by atoms with Crippen LogP contribution in [-0.4, -0.2) is 133 Å². The number of unbranched alkanes of at least 4 members (excludes halogenated alkanes) is 14. The van der Waals surface area contributed by atoms with E-state index in [0.29, 0.717) is 50.0 Å². The molecule has 0 radical (unpaired) electrons. The van der Waals surface area contributed by atoms with Crippen LogP contribution in [0, 0.1) is 18.2 Å². The number of benzene rings is 3. The Hall–Kier alpha value is -6.91. The number of anilines is 2. The lowest BCUT2D eigenvalue weighted by Crippen LogP contribution is -2.59. The Morgan fingerprint density at radius 3 is 2.05 bits per heavy atom. The average Bonchev–Trinajstić information content (AvgIpc) is 1.49. The minimum absolute atomic E-state index is 0.0107. The third-order valence-corrected chi connectivity index (χ3v) is 19.4. The number of carbonyl (C=O) groups excluding carboxylic acids is 7. The Morgan fingerprint density at radius 1 is 0.819 bits per heavy atom. The summed E-state index contributed by atoms with van der Waals surface area (Å²) < 4.78 is 20.1. The SMILES string of the molecule is Cc1ncsc1-c1ccc(CNC(=O)[C@@H]2C[C@@H](O)CN2C(=O)[C@@H](NC(CCCCCCCCCCCC(=O)N2[C@H](C)CN(C(=O)c3ccc(NC(=O)c4cc(O[C@H](C)c5c(Cl)ccc(F)c5Cl)c(N)nn4)cc3)C[C@@H]2C)C(=O)CCCCCCCCC=O)C(C)(C)C)cc1. The number of nitrogens with one attached hydrogen (secondary N) is 3. The molecule has 19 nitrogen and oxygen atoms in total. The van der Waals surface area contributed by atoms with Crippen LogP contribution in [0.25, 0.3) is 10.4 Å². The fourth-order valence-corrected chi connectivity index (χ4v) is 14.1. The van der Waals surface area contributed by atoms with Crippen molar-refractivity contribution in [1.29, 1.82) is 0 Å². The Labute approximate surface area is 567 Å². The number of hydrogen-bond acceptors (Lipinski definition) is 15. The highest BCUT2D eigenvalue weighted by molar-refractivity contribution is 7.13. The second kappa shape index (κ2) is 36.3. The molecule has 2 aliphatic rings. The number of aliphatic hydroxyl groups is 1. The quantitative estimate of drug-likeness (QED) is 0.0144. The van der Waals surface area contributed by atoms with Gasteiger partial charge in [0, 0.05) is 91.8 Å². The summed E-state index contributed by atoms with van der Waals surface area (Å²) in [5, 5.41) is 27.9. The largest absolute Gasteiger partial charge is 0.482 e. The van der Waals surface area contributed by atoms with Crippen molar-refractivity contribution in [2.24, 2.45) is 5.41 Å². The van der Waals surface area contributed by atoms with Crippen LogP contribution in [0.4, 0.5) is 15.9 Å². The molecule has 0 bridgehead atoms. The molecule has 2 fully saturated rings. The molecule has 1 unspecified atom stereocenters. The molecule has 2 aromatic heterocycles. The summed E-state index contributed by atoms with van der Waals surface area (Å²) in [5.74, 6) is -2.06. The van der Waals surface area contributed by atoms with Crippen LogP contribution < -0.4 is 26.4 Å². The van der Waals surface area contributed by atoms with Gasteiger partial charge in [0.05, 0.1) is 39.3 Å². The van der Waals surface area contributed by atoms with E-state index in [0.717, 1.165) is 130 Å². The Bertz CT molecular complexity index is 3340. The number of β-amino-alcohol motifs (C(OH)–C–C–N with tert-alkyl or cyclic N) is 1. The fraction of sp³-hybridized carbons (Fsp3) is 0.549. The maximum absolute atomic E-state index is 14.7. The van der Waals surface area contributed by atoms with Crippen LogP contribution in [0.1, 0.15) is 214 Å².